The molecule has 116 valence electrons. The molecule has 1 aromatic carbocycles. The lowest BCUT2D eigenvalue weighted by atomic mass is 10.1. The first-order valence-corrected chi connectivity index (χ1v) is 6.88. The molecule has 2 atom stereocenters. The number of morpholine rings is 1. The maximum Gasteiger partial charge on any atom is 0.336 e. The maximum atomic E-state index is 11.5. The van der Waals surface area contributed by atoms with Crippen molar-refractivity contribution in [1.82, 2.24) is 4.90 Å². The van der Waals surface area contributed by atoms with Crippen molar-refractivity contribution in [3.05, 3.63) is 29.8 Å². The smallest absolute Gasteiger partial charge is 0.336 e. The first kappa shape index (κ1) is 15.8. The van der Waals surface area contributed by atoms with E-state index in [-0.39, 0.29) is 5.97 Å². The normalized spacial score (nSPS) is 20.8. The van der Waals surface area contributed by atoms with Gasteiger partial charge in [0.2, 0.25) is 0 Å². The Hall–Kier alpha value is -1.63. The number of nitrogens with zero attached hydrogens (tertiary/aromatic N) is 1. The van der Waals surface area contributed by atoms with Crippen molar-refractivity contribution in [3.63, 3.8) is 0 Å². The Bertz CT molecular complexity index is 479. The van der Waals surface area contributed by atoms with Crippen LogP contribution in [-0.4, -0.2) is 62.5 Å². The molecule has 0 aromatic heterocycles. The van der Waals surface area contributed by atoms with Crippen LogP contribution in [-0.2, 0) is 14.3 Å². The number of β-amino-alcohol motifs (C(OH)–C–C–N with tert-alkyl or cyclic N) is 1. The molecule has 0 saturated carbocycles. The summed E-state index contributed by atoms with van der Waals surface area (Å²) in [5, 5.41) is 10.3. The minimum Gasteiger partial charge on any atom is -0.497 e. The highest BCUT2D eigenvalue weighted by atomic mass is 16.6. The average molecular weight is 295 g/mol. The second-order valence-corrected chi connectivity index (χ2v) is 4.93. The molecule has 2 unspecified atom stereocenters. The number of ether oxygens (including phenoxy) is 3. The molecule has 1 aliphatic rings. The Morgan fingerprint density at radius 1 is 1.52 bits per heavy atom. The quantitative estimate of drug-likeness (QED) is 0.803. The summed E-state index contributed by atoms with van der Waals surface area (Å²) in [6.07, 6.45) is -1.22. The van der Waals surface area contributed by atoms with Crippen molar-refractivity contribution in [1.29, 1.82) is 0 Å². The summed E-state index contributed by atoms with van der Waals surface area (Å²) in [6, 6.07) is 7.33. The summed E-state index contributed by atoms with van der Waals surface area (Å²) in [7, 11) is 2.93. The molecule has 6 heteroatoms. The van der Waals surface area contributed by atoms with Gasteiger partial charge in [-0.15, -0.1) is 0 Å². The van der Waals surface area contributed by atoms with E-state index in [9.17, 15) is 9.90 Å². The number of aliphatic hydroxyl groups excluding tert-OH is 1. The van der Waals surface area contributed by atoms with E-state index in [4.69, 9.17) is 9.47 Å². The zero-order valence-electron chi connectivity index (χ0n) is 12.3. The highest BCUT2D eigenvalue weighted by Crippen LogP contribution is 2.20. The molecule has 0 spiro atoms. The Morgan fingerprint density at radius 3 is 3.05 bits per heavy atom. The molecule has 1 fully saturated rings. The van der Waals surface area contributed by atoms with Crippen molar-refractivity contribution in [2.75, 3.05) is 40.5 Å². The Balaban J connectivity index is 1.95. The van der Waals surface area contributed by atoms with Gasteiger partial charge in [0.15, 0.2) is 6.10 Å². The highest BCUT2D eigenvalue weighted by Gasteiger charge is 2.28. The zero-order chi connectivity index (χ0) is 15.2. The van der Waals surface area contributed by atoms with Crippen LogP contribution < -0.4 is 4.74 Å². The van der Waals surface area contributed by atoms with E-state index >= 15 is 0 Å². The average Bonchev–Trinajstić information content (AvgIpc) is 2.54. The first-order chi connectivity index (χ1) is 10.1. The van der Waals surface area contributed by atoms with Gasteiger partial charge in [0.25, 0.3) is 0 Å². The standard InChI is InChI=1S/C15H21NO5/c1-19-12-5-3-4-11(8-12)13(17)9-16-6-7-21-14(10-16)15(18)20-2/h3-5,8,13-14,17H,6-7,9-10H2,1-2H3. The fourth-order valence-electron chi connectivity index (χ4n) is 2.34. The molecule has 1 heterocycles. The summed E-state index contributed by atoms with van der Waals surface area (Å²) >= 11 is 0. The van der Waals surface area contributed by atoms with Crippen LogP contribution in [0.3, 0.4) is 0 Å². The zero-order valence-corrected chi connectivity index (χ0v) is 12.3. The predicted octanol–water partition coefficient (Wildman–Crippen LogP) is 0.602. The van der Waals surface area contributed by atoms with Gasteiger partial charge in [0, 0.05) is 19.6 Å². The SMILES string of the molecule is COC(=O)C1CN(CC(O)c2cccc(OC)c2)CCO1. The topological polar surface area (TPSA) is 68.2 Å². The lowest BCUT2D eigenvalue weighted by molar-refractivity contribution is -0.160. The van der Waals surface area contributed by atoms with Crippen LogP contribution >= 0.6 is 0 Å². The third kappa shape index (κ3) is 4.17. The van der Waals surface area contributed by atoms with Crippen LogP contribution in [0.5, 0.6) is 5.75 Å². The number of benzene rings is 1. The highest BCUT2D eigenvalue weighted by molar-refractivity contribution is 5.74. The van der Waals surface area contributed by atoms with Gasteiger partial charge in [-0.2, -0.15) is 0 Å². The van der Waals surface area contributed by atoms with Crippen LogP contribution in [0.2, 0.25) is 0 Å². The van der Waals surface area contributed by atoms with Gasteiger partial charge in [0.1, 0.15) is 5.75 Å². The van der Waals surface area contributed by atoms with E-state index in [1.165, 1.54) is 7.11 Å². The Morgan fingerprint density at radius 2 is 2.33 bits per heavy atom. The van der Waals surface area contributed by atoms with E-state index in [1.54, 1.807) is 7.11 Å². The molecule has 0 bridgehead atoms. The number of carbonyl (C=O) groups is 1. The molecular weight excluding hydrogens is 274 g/mol. The van der Waals surface area contributed by atoms with Crippen LogP contribution in [0.1, 0.15) is 11.7 Å². The molecule has 0 aliphatic carbocycles. The van der Waals surface area contributed by atoms with Crippen molar-refractivity contribution >= 4 is 5.97 Å². The van der Waals surface area contributed by atoms with Gasteiger partial charge < -0.3 is 19.3 Å². The van der Waals surface area contributed by atoms with Crippen LogP contribution in [0.15, 0.2) is 24.3 Å². The molecule has 2 rings (SSSR count). The second-order valence-electron chi connectivity index (χ2n) is 4.93. The molecule has 1 aromatic rings. The number of hydrogen-bond acceptors (Lipinski definition) is 6. The van der Waals surface area contributed by atoms with Crippen molar-refractivity contribution in [3.8, 4) is 5.75 Å². The summed E-state index contributed by atoms with van der Waals surface area (Å²) < 4.78 is 15.2. The first-order valence-electron chi connectivity index (χ1n) is 6.88. The summed E-state index contributed by atoms with van der Waals surface area (Å²) in [5.41, 5.74) is 0.787. The molecule has 0 amide bonds. The third-order valence-electron chi connectivity index (χ3n) is 3.52. The second kappa shape index (κ2) is 7.40. The van der Waals surface area contributed by atoms with Gasteiger partial charge in [-0.25, -0.2) is 4.79 Å². The van der Waals surface area contributed by atoms with Gasteiger partial charge >= 0.3 is 5.97 Å². The lowest BCUT2D eigenvalue weighted by Crippen LogP contribution is -2.47. The third-order valence-corrected chi connectivity index (χ3v) is 3.52. The molecule has 1 N–H and O–H groups in total. The molecule has 21 heavy (non-hydrogen) atoms. The fourth-order valence-corrected chi connectivity index (χ4v) is 2.34. The van der Waals surface area contributed by atoms with Gasteiger partial charge in [-0.1, -0.05) is 12.1 Å². The van der Waals surface area contributed by atoms with E-state index < -0.39 is 12.2 Å². The lowest BCUT2D eigenvalue weighted by Gasteiger charge is -2.32. The number of aliphatic hydroxyl groups is 1. The molecule has 1 saturated heterocycles. The van der Waals surface area contributed by atoms with Crippen LogP contribution in [0, 0.1) is 0 Å². The van der Waals surface area contributed by atoms with Crippen molar-refractivity contribution < 1.29 is 24.1 Å². The van der Waals surface area contributed by atoms with Crippen molar-refractivity contribution in [2.45, 2.75) is 12.2 Å². The maximum absolute atomic E-state index is 11.5. The summed E-state index contributed by atoms with van der Waals surface area (Å²) in [5.74, 6) is 0.330. The Labute approximate surface area is 124 Å². The van der Waals surface area contributed by atoms with E-state index in [0.29, 0.717) is 32.0 Å². The number of hydrogen-bond donors (Lipinski definition) is 1. The van der Waals surface area contributed by atoms with Gasteiger partial charge in [-0.05, 0) is 17.7 Å². The summed E-state index contributed by atoms with van der Waals surface area (Å²) in [4.78, 5) is 13.5. The fraction of sp³-hybridized carbons (Fsp3) is 0.533. The van der Waals surface area contributed by atoms with E-state index in [1.807, 2.05) is 29.2 Å². The Kier molecular flexibility index (Phi) is 5.55. The minimum atomic E-state index is -0.642. The number of rotatable bonds is 5. The monoisotopic (exact) mass is 295 g/mol. The number of methoxy groups -OCH3 is 2. The molecule has 0 radical (unpaired) electrons. The van der Waals surface area contributed by atoms with Crippen LogP contribution in [0.25, 0.3) is 0 Å². The minimum absolute atomic E-state index is 0.379. The van der Waals surface area contributed by atoms with Gasteiger partial charge in [-0.3, -0.25) is 4.90 Å². The molecule has 6 nitrogen and oxygen atoms in total. The molecule has 1 aliphatic heterocycles. The predicted molar refractivity (Wildman–Crippen MR) is 76.1 cm³/mol. The van der Waals surface area contributed by atoms with E-state index in [2.05, 4.69) is 4.74 Å². The summed E-state index contributed by atoms with van der Waals surface area (Å²) in [6.45, 7) is 1.98. The number of esters is 1. The molecular formula is C15H21NO5. The van der Waals surface area contributed by atoms with Crippen LogP contribution in [0.4, 0.5) is 0 Å². The van der Waals surface area contributed by atoms with Crippen molar-refractivity contribution in [2.24, 2.45) is 0 Å². The largest absolute Gasteiger partial charge is 0.497 e. The van der Waals surface area contributed by atoms with E-state index in [0.717, 1.165) is 5.56 Å². The number of carbonyl (C=O) groups excluding carboxylic acids is 1. The van der Waals surface area contributed by atoms with Gasteiger partial charge in [0.05, 0.1) is 26.9 Å².